The van der Waals surface area contributed by atoms with Crippen LogP contribution < -0.4 is 10.6 Å². The van der Waals surface area contributed by atoms with Gasteiger partial charge in [0.1, 0.15) is 5.60 Å². The number of benzene rings is 1. The zero-order valence-corrected chi connectivity index (χ0v) is 21.2. The summed E-state index contributed by atoms with van der Waals surface area (Å²) in [5, 5.41) is 6.35. The second-order valence-electron chi connectivity index (χ2n) is 8.39. The molecule has 1 aliphatic rings. The molecule has 1 aromatic carbocycles. The number of carbonyl (C=O) groups is 3. The first kappa shape index (κ1) is 26.8. The zero-order valence-electron chi connectivity index (χ0n) is 19.6. The Balaban J connectivity index is 2.58. The average molecular weight is 495 g/mol. The number of dihydropyridines is 1. The van der Waals surface area contributed by atoms with E-state index in [0.29, 0.717) is 57.6 Å². The number of hydrogen-bond donors (Lipinski definition) is 2. The minimum Gasteiger partial charge on any atom is -0.463 e. The van der Waals surface area contributed by atoms with Gasteiger partial charge >= 0.3 is 11.9 Å². The van der Waals surface area contributed by atoms with Gasteiger partial charge in [-0.1, -0.05) is 23.7 Å². The largest absolute Gasteiger partial charge is 0.463 e. The van der Waals surface area contributed by atoms with Gasteiger partial charge in [-0.05, 0) is 52.3 Å². The highest BCUT2D eigenvalue weighted by Crippen LogP contribution is 2.41. The van der Waals surface area contributed by atoms with E-state index in [4.69, 9.17) is 21.1 Å². The molecule has 33 heavy (non-hydrogen) atoms. The van der Waals surface area contributed by atoms with Gasteiger partial charge in [0.05, 0.1) is 23.7 Å². The highest BCUT2D eigenvalue weighted by Gasteiger charge is 2.39. The van der Waals surface area contributed by atoms with E-state index in [2.05, 4.69) is 10.6 Å². The van der Waals surface area contributed by atoms with Crippen LogP contribution in [0.15, 0.2) is 46.8 Å². The van der Waals surface area contributed by atoms with Crippen molar-refractivity contribution in [2.24, 2.45) is 0 Å². The zero-order chi connectivity index (χ0) is 24.6. The summed E-state index contributed by atoms with van der Waals surface area (Å²) in [5.41, 5.74) is 1.92. The summed E-state index contributed by atoms with van der Waals surface area (Å²) in [6.45, 7) is 9.61. The van der Waals surface area contributed by atoms with Gasteiger partial charge in [0, 0.05) is 34.5 Å². The Kier molecular flexibility index (Phi) is 9.86. The van der Waals surface area contributed by atoms with Crippen LogP contribution in [0.4, 0.5) is 0 Å². The molecule has 1 atom stereocenters. The van der Waals surface area contributed by atoms with Crippen molar-refractivity contribution >= 4 is 41.7 Å². The lowest BCUT2D eigenvalue weighted by Crippen LogP contribution is -2.36. The first-order valence-corrected chi connectivity index (χ1v) is 12.2. The predicted molar refractivity (Wildman–Crippen MR) is 131 cm³/mol. The Hall–Kier alpha value is -2.45. The average Bonchev–Trinajstić information content (AvgIpc) is 2.71. The van der Waals surface area contributed by atoms with Crippen molar-refractivity contribution in [3.8, 4) is 0 Å². The molecule has 1 unspecified atom stereocenters. The standard InChI is InChI=1S/C24H31ClN2O5S/c1-6-31-22(29)21-18(13-33-11-10-26-14-28)27-15(2)19(23(30)32-24(3,4)5)20(21)16-8-7-9-17(25)12-16/h7-9,12,14,20,27H,6,10-11,13H2,1-5H3,(H,26,28). The number of amides is 1. The molecule has 0 saturated carbocycles. The molecule has 0 aliphatic carbocycles. The number of nitrogens with one attached hydrogen (secondary N) is 2. The van der Waals surface area contributed by atoms with Crippen LogP contribution in [0.3, 0.4) is 0 Å². The van der Waals surface area contributed by atoms with E-state index in [9.17, 15) is 14.4 Å². The number of rotatable bonds is 10. The third-order valence-corrected chi connectivity index (χ3v) is 5.88. The number of allylic oxidation sites excluding steroid dienone is 1. The third kappa shape index (κ3) is 7.54. The molecule has 1 aromatic rings. The Morgan fingerprint density at radius 1 is 1.24 bits per heavy atom. The Bertz CT molecular complexity index is 952. The number of ether oxygens (including phenoxy) is 2. The molecule has 2 N–H and O–H groups in total. The van der Waals surface area contributed by atoms with Gasteiger partial charge in [0.2, 0.25) is 6.41 Å². The van der Waals surface area contributed by atoms with E-state index >= 15 is 0 Å². The summed E-state index contributed by atoms with van der Waals surface area (Å²) in [7, 11) is 0. The maximum Gasteiger partial charge on any atom is 0.337 e. The maximum atomic E-state index is 13.3. The van der Waals surface area contributed by atoms with E-state index in [1.165, 1.54) is 0 Å². The second kappa shape index (κ2) is 12.1. The number of esters is 2. The minimum atomic E-state index is -0.710. The lowest BCUT2D eigenvalue weighted by Gasteiger charge is -2.33. The highest BCUT2D eigenvalue weighted by molar-refractivity contribution is 7.99. The van der Waals surface area contributed by atoms with Crippen molar-refractivity contribution in [1.29, 1.82) is 0 Å². The van der Waals surface area contributed by atoms with Crippen molar-refractivity contribution < 1.29 is 23.9 Å². The fourth-order valence-corrected chi connectivity index (χ4v) is 4.48. The summed E-state index contributed by atoms with van der Waals surface area (Å²) in [6.07, 6.45) is 0.651. The number of hydrogen-bond acceptors (Lipinski definition) is 7. The molecular formula is C24H31ClN2O5S. The lowest BCUT2D eigenvalue weighted by molar-refractivity contribution is -0.150. The summed E-state index contributed by atoms with van der Waals surface area (Å²) in [4.78, 5) is 36.9. The summed E-state index contributed by atoms with van der Waals surface area (Å²) in [5.74, 6) is -0.609. The van der Waals surface area contributed by atoms with Gasteiger partial charge in [-0.25, -0.2) is 9.59 Å². The Morgan fingerprint density at radius 2 is 1.97 bits per heavy atom. The molecule has 2 rings (SSSR count). The molecule has 0 saturated heterocycles. The number of thioether (sulfide) groups is 1. The van der Waals surface area contributed by atoms with Gasteiger partial charge in [-0.15, -0.1) is 0 Å². The molecule has 1 aliphatic heterocycles. The van der Waals surface area contributed by atoms with Crippen molar-refractivity contribution in [3.63, 3.8) is 0 Å². The first-order chi connectivity index (χ1) is 15.6. The first-order valence-electron chi connectivity index (χ1n) is 10.7. The van der Waals surface area contributed by atoms with E-state index < -0.39 is 23.5 Å². The van der Waals surface area contributed by atoms with Gasteiger partial charge in [-0.3, -0.25) is 4.79 Å². The SMILES string of the molecule is CCOC(=O)C1=C(CSCCNC=O)NC(C)=C(C(=O)OC(C)(C)C)C1c1cccc(Cl)c1. The van der Waals surface area contributed by atoms with Crippen LogP contribution in [0, 0.1) is 0 Å². The molecule has 0 spiro atoms. The summed E-state index contributed by atoms with van der Waals surface area (Å²) >= 11 is 7.82. The molecule has 1 amide bonds. The minimum absolute atomic E-state index is 0.193. The molecule has 180 valence electrons. The van der Waals surface area contributed by atoms with E-state index in [1.54, 1.807) is 64.6 Å². The van der Waals surface area contributed by atoms with Gasteiger partial charge in [0.25, 0.3) is 0 Å². The van der Waals surface area contributed by atoms with Crippen molar-refractivity contribution in [3.05, 3.63) is 57.4 Å². The lowest BCUT2D eigenvalue weighted by atomic mass is 9.80. The van der Waals surface area contributed by atoms with Gasteiger partial charge < -0.3 is 20.1 Å². The topological polar surface area (TPSA) is 93.7 Å². The van der Waals surface area contributed by atoms with Crippen molar-refractivity contribution in [1.82, 2.24) is 10.6 Å². The summed E-state index contributed by atoms with van der Waals surface area (Å²) in [6, 6.07) is 7.09. The second-order valence-corrected chi connectivity index (χ2v) is 9.93. The fraction of sp³-hybridized carbons (Fsp3) is 0.458. The molecule has 9 heteroatoms. The van der Waals surface area contributed by atoms with Crippen LogP contribution >= 0.6 is 23.4 Å². The van der Waals surface area contributed by atoms with Gasteiger partial charge in [-0.2, -0.15) is 11.8 Å². The highest BCUT2D eigenvalue weighted by atomic mass is 35.5. The maximum absolute atomic E-state index is 13.3. The third-order valence-electron chi connectivity index (χ3n) is 4.66. The monoisotopic (exact) mass is 494 g/mol. The molecule has 7 nitrogen and oxygen atoms in total. The number of halogens is 1. The number of carbonyl (C=O) groups excluding carboxylic acids is 3. The fourth-order valence-electron chi connectivity index (χ4n) is 3.45. The molecule has 0 fully saturated rings. The predicted octanol–water partition coefficient (Wildman–Crippen LogP) is 3.94. The van der Waals surface area contributed by atoms with Crippen molar-refractivity contribution in [2.75, 3.05) is 24.7 Å². The molecular weight excluding hydrogens is 464 g/mol. The Morgan fingerprint density at radius 3 is 2.58 bits per heavy atom. The molecule has 1 heterocycles. The van der Waals surface area contributed by atoms with E-state index in [1.807, 2.05) is 6.07 Å². The van der Waals surface area contributed by atoms with Crippen LogP contribution in [-0.4, -0.2) is 48.6 Å². The van der Waals surface area contributed by atoms with E-state index in [-0.39, 0.29) is 6.61 Å². The smallest absolute Gasteiger partial charge is 0.337 e. The quantitative estimate of drug-likeness (QED) is 0.289. The molecule has 0 aromatic heterocycles. The van der Waals surface area contributed by atoms with Crippen LogP contribution in [-0.2, 0) is 23.9 Å². The van der Waals surface area contributed by atoms with Gasteiger partial charge in [0.15, 0.2) is 0 Å². The molecule has 0 bridgehead atoms. The van der Waals surface area contributed by atoms with Crippen molar-refractivity contribution in [2.45, 2.75) is 46.1 Å². The van der Waals surface area contributed by atoms with E-state index in [0.717, 1.165) is 0 Å². The van der Waals surface area contributed by atoms with Crippen LogP contribution in [0.1, 0.15) is 46.1 Å². The van der Waals surface area contributed by atoms with Crippen LogP contribution in [0.25, 0.3) is 0 Å². The Labute approximate surface area is 204 Å². The summed E-state index contributed by atoms with van der Waals surface area (Å²) < 4.78 is 11.1. The molecule has 0 radical (unpaired) electrons. The van der Waals surface area contributed by atoms with Crippen LogP contribution in [0.2, 0.25) is 5.02 Å². The normalized spacial score (nSPS) is 16.2. The van der Waals surface area contributed by atoms with Crippen LogP contribution in [0.5, 0.6) is 0 Å².